The molecule has 0 heterocycles. The number of amides is 1. The first-order valence-electron chi connectivity index (χ1n) is 18.2. The van der Waals surface area contributed by atoms with E-state index in [4.69, 9.17) is 9.47 Å². The van der Waals surface area contributed by atoms with Crippen LogP contribution < -0.4 is 5.32 Å². The molecule has 0 saturated heterocycles. The highest BCUT2D eigenvalue weighted by Crippen LogP contribution is 2.75. The Bertz CT molecular complexity index is 1360. The average Bonchev–Trinajstić information content (AvgIpc) is 3.21. The molecule has 5 aliphatic rings. The van der Waals surface area contributed by atoms with Gasteiger partial charge in [-0.05, 0) is 130 Å². The number of carbonyl (C=O) groups is 4. The number of hydrogen-bond acceptors (Lipinski definition) is 6. The lowest BCUT2D eigenvalue weighted by Gasteiger charge is -2.72. The van der Waals surface area contributed by atoms with Crippen LogP contribution in [0.3, 0.4) is 0 Å². The highest BCUT2D eigenvalue weighted by atomic mass is 16.6. The minimum atomic E-state index is -1.16. The predicted octanol–water partition coefficient (Wildman–Crippen LogP) is 8.27. The molecule has 47 heavy (non-hydrogen) atoms. The van der Waals surface area contributed by atoms with Crippen molar-refractivity contribution in [3.8, 4) is 0 Å². The van der Waals surface area contributed by atoms with Crippen LogP contribution in [0.5, 0.6) is 0 Å². The maximum atomic E-state index is 13.7. The number of nitrogens with one attached hydrogen (secondary N) is 1. The molecule has 8 atom stereocenters. The van der Waals surface area contributed by atoms with Crippen molar-refractivity contribution in [1.29, 1.82) is 0 Å². The van der Waals surface area contributed by atoms with E-state index in [1.54, 1.807) is 13.8 Å². The van der Waals surface area contributed by atoms with Gasteiger partial charge in [-0.15, -0.1) is 0 Å². The van der Waals surface area contributed by atoms with Crippen molar-refractivity contribution in [2.75, 3.05) is 0 Å². The second-order valence-electron chi connectivity index (χ2n) is 18.6. The first kappa shape index (κ1) is 35.9. The standard InChI is InChI=1S/C39H61NO7/c1-22(2)30-25(41)20-39(40-33(45)46-23(3)4)19-18-37(10)24(31(30)39)12-13-27-36(9)16-15-28(47-29(42)21-34(5,6)32(43)44)35(7,8)26(36)14-17-38(27,37)11/h22-24,26-28H,12-21H2,1-11H3,(H,40,45)(H,43,44)/t24?,26-,27+,28-,36?,37+,38+,39+/m0/s1. The number of ketones is 1. The first-order chi connectivity index (χ1) is 21.6. The quantitative estimate of drug-likeness (QED) is 0.265. The fourth-order valence-corrected chi connectivity index (χ4v) is 12.0. The third-order valence-electron chi connectivity index (χ3n) is 14.5. The summed E-state index contributed by atoms with van der Waals surface area (Å²) in [5.74, 6) is -0.112. The van der Waals surface area contributed by atoms with E-state index in [9.17, 15) is 24.3 Å². The van der Waals surface area contributed by atoms with Gasteiger partial charge >= 0.3 is 18.0 Å². The normalized spacial score (nSPS) is 39.5. The molecule has 0 aromatic carbocycles. The average molecular weight is 656 g/mol. The van der Waals surface area contributed by atoms with Gasteiger partial charge in [0.25, 0.3) is 0 Å². The van der Waals surface area contributed by atoms with E-state index in [-0.39, 0.29) is 57.9 Å². The van der Waals surface area contributed by atoms with E-state index in [0.717, 1.165) is 56.9 Å². The van der Waals surface area contributed by atoms with Crippen molar-refractivity contribution in [2.45, 2.75) is 158 Å². The number of carbonyl (C=O) groups excluding carboxylic acids is 3. The second kappa shape index (κ2) is 11.6. The molecule has 1 amide bonds. The van der Waals surface area contributed by atoms with E-state index in [1.165, 1.54) is 5.57 Å². The van der Waals surface area contributed by atoms with Gasteiger partial charge in [-0.3, -0.25) is 14.4 Å². The number of esters is 1. The number of Topliss-reactive ketones (excluding diaryl/α,β-unsaturated/α-hetero) is 1. The summed E-state index contributed by atoms with van der Waals surface area (Å²) >= 11 is 0. The summed E-state index contributed by atoms with van der Waals surface area (Å²) in [5, 5.41) is 12.8. The Balaban J connectivity index is 1.45. The number of rotatable bonds is 7. The van der Waals surface area contributed by atoms with E-state index in [1.807, 2.05) is 13.8 Å². The van der Waals surface area contributed by atoms with Gasteiger partial charge in [0.05, 0.1) is 23.5 Å². The molecule has 0 aliphatic heterocycles. The van der Waals surface area contributed by atoms with Gasteiger partial charge in [0.15, 0.2) is 5.78 Å². The van der Waals surface area contributed by atoms with E-state index >= 15 is 0 Å². The molecule has 264 valence electrons. The topological polar surface area (TPSA) is 119 Å². The van der Waals surface area contributed by atoms with Gasteiger partial charge in [-0.1, -0.05) is 48.5 Å². The number of carboxylic acids is 1. The van der Waals surface area contributed by atoms with Crippen molar-refractivity contribution in [1.82, 2.24) is 5.32 Å². The van der Waals surface area contributed by atoms with Crippen LogP contribution in [0.1, 0.15) is 140 Å². The number of hydrogen-bond donors (Lipinski definition) is 2. The molecule has 4 saturated carbocycles. The van der Waals surface area contributed by atoms with Crippen molar-refractivity contribution < 1.29 is 33.8 Å². The number of alkyl carbamates (subject to hydrolysis) is 1. The largest absolute Gasteiger partial charge is 0.481 e. The third kappa shape index (κ3) is 5.46. The zero-order chi connectivity index (χ0) is 35.1. The molecule has 5 aliphatic carbocycles. The molecule has 0 aromatic rings. The van der Waals surface area contributed by atoms with Gasteiger partial charge in [0, 0.05) is 11.8 Å². The van der Waals surface area contributed by atoms with Crippen LogP contribution in [0.4, 0.5) is 4.79 Å². The minimum absolute atomic E-state index is 0.0347. The first-order valence-corrected chi connectivity index (χ1v) is 18.2. The molecule has 0 bridgehead atoms. The molecule has 8 heteroatoms. The Labute approximate surface area is 282 Å². The van der Waals surface area contributed by atoms with Crippen LogP contribution in [0.15, 0.2) is 11.1 Å². The molecule has 8 nitrogen and oxygen atoms in total. The van der Waals surface area contributed by atoms with Crippen molar-refractivity contribution in [2.24, 2.45) is 50.7 Å². The van der Waals surface area contributed by atoms with Gasteiger partial charge in [0.1, 0.15) is 6.10 Å². The highest BCUT2D eigenvalue weighted by Gasteiger charge is 2.70. The van der Waals surface area contributed by atoms with Gasteiger partial charge in [0.2, 0.25) is 0 Å². The van der Waals surface area contributed by atoms with E-state index in [0.29, 0.717) is 18.3 Å². The molecule has 2 unspecified atom stereocenters. The lowest BCUT2D eigenvalue weighted by molar-refractivity contribution is -0.232. The number of allylic oxidation sites excluding steroid dienone is 1. The number of fused-ring (bicyclic) bond motifs is 7. The van der Waals surface area contributed by atoms with Crippen LogP contribution in [-0.2, 0) is 23.9 Å². The molecule has 0 spiro atoms. The third-order valence-corrected chi connectivity index (χ3v) is 14.5. The van der Waals surface area contributed by atoms with Crippen LogP contribution in [0.25, 0.3) is 0 Å². The van der Waals surface area contributed by atoms with Crippen molar-refractivity contribution in [3.05, 3.63) is 11.1 Å². The summed E-state index contributed by atoms with van der Waals surface area (Å²) in [5.41, 5.74) is 0.106. The fraction of sp³-hybridized carbons (Fsp3) is 0.846. The van der Waals surface area contributed by atoms with E-state index < -0.39 is 29.0 Å². The maximum Gasteiger partial charge on any atom is 0.408 e. The lowest BCUT2D eigenvalue weighted by Crippen LogP contribution is -2.67. The highest BCUT2D eigenvalue weighted by molar-refractivity contribution is 6.02. The second-order valence-corrected chi connectivity index (χ2v) is 18.6. The summed E-state index contributed by atoms with van der Waals surface area (Å²) in [7, 11) is 0. The Hall–Kier alpha value is -2.38. The summed E-state index contributed by atoms with van der Waals surface area (Å²) in [4.78, 5) is 51.5. The Morgan fingerprint density at radius 1 is 0.894 bits per heavy atom. The minimum Gasteiger partial charge on any atom is -0.481 e. The van der Waals surface area contributed by atoms with Gasteiger partial charge < -0.3 is 19.9 Å². The number of aliphatic carboxylic acids is 1. The number of carboxylic acid groups (broad SMARTS) is 1. The van der Waals surface area contributed by atoms with Gasteiger partial charge in [-0.2, -0.15) is 0 Å². The maximum absolute atomic E-state index is 13.7. The smallest absolute Gasteiger partial charge is 0.408 e. The van der Waals surface area contributed by atoms with E-state index in [2.05, 4.69) is 53.8 Å². The molecule has 0 aromatic heterocycles. The van der Waals surface area contributed by atoms with Crippen LogP contribution >= 0.6 is 0 Å². The summed E-state index contributed by atoms with van der Waals surface area (Å²) in [6.07, 6.45) is 6.84. The van der Waals surface area contributed by atoms with Crippen molar-refractivity contribution in [3.63, 3.8) is 0 Å². The zero-order valence-electron chi connectivity index (χ0n) is 30.9. The fourth-order valence-electron chi connectivity index (χ4n) is 12.0. The monoisotopic (exact) mass is 655 g/mol. The molecule has 2 N–H and O–H groups in total. The molecular formula is C39H61NO7. The van der Waals surface area contributed by atoms with Crippen LogP contribution in [0.2, 0.25) is 0 Å². The number of ether oxygens (including phenoxy) is 2. The lowest BCUT2D eigenvalue weighted by atomic mass is 9.33. The Morgan fingerprint density at radius 3 is 2.15 bits per heavy atom. The van der Waals surface area contributed by atoms with Gasteiger partial charge in [-0.25, -0.2) is 4.79 Å². The summed E-state index contributed by atoms with van der Waals surface area (Å²) < 4.78 is 11.7. The van der Waals surface area contributed by atoms with Crippen LogP contribution in [-0.4, -0.2) is 46.7 Å². The zero-order valence-corrected chi connectivity index (χ0v) is 30.9. The molecule has 4 fully saturated rings. The molecule has 5 rings (SSSR count). The van der Waals surface area contributed by atoms with Crippen molar-refractivity contribution >= 4 is 23.8 Å². The molecular weight excluding hydrogens is 594 g/mol. The summed E-state index contributed by atoms with van der Waals surface area (Å²) in [6, 6.07) is 0. The Kier molecular flexibility index (Phi) is 8.87. The predicted molar refractivity (Wildman–Crippen MR) is 180 cm³/mol. The summed E-state index contributed by atoms with van der Waals surface area (Å²) in [6.45, 7) is 23.1. The Morgan fingerprint density at radius 2 is 1.55 bits per heavy atom. The van der Waals surface area contributed by atoms with Crippen LogP contribution in [0, 0.1) is 50.7 Å². The SMILES string of the molecule is CC(C)OC(=O)N[C@@]12CC[C@]3(C)C(CC[C@@H]4C5(C)CC[C@H](OC(=O)CC(C)(C)C(=O)O)C(C)(C)[C@@H]5CC[C@]43C)C1=C(C(C)C)C(=O)C2. The molecule has 0 radical (unpaired) electrons.